The van der Waals surface area contributed by atoms with Crippen molar-refractivity contribution in [2.24, 2.45) is 0 Å². The van der Waals surface area contributed by atoms with Crippen molar-refractivity contribution in [1.29, 1.82) is 0 Å². The third kappa shape index (κ3) is 3.83. The van der Waals surface area contributed by atoms with Crippen LogP contribution in [0.2, 0.25) is 10.0 Å². The number of aromatic nitrogens is 1. The molecule has 2 aromatic rings. The molecule has 1 unspecified atom stereocenters. The van der Waals surface area contributed by atoms with Crippen molar-refractivity contribution in [1.82, 2.24) is 4.98 Å². The second kappa shape index (κ2) is 7.04. The Labute approximate surface area is 135 Å². The minimum absolute atomic E-state index is 0.0897. The van der Waals surface area contributed by atoms with E-state index in [4.69, 9.17) is 27.9 Å². The highest BCUT2D eigenvalue weighted by Gasteiger charge is 2.22. The zero-order chi connectivity index (χ0) is 15.4. The largest absolute Gasteiger partial charge is 0.457 e. The van der Waals surface area contributed by atoms with E-state index in [1.54, 1.807) is 23.6 Å². The van der Waals surface area contributed by atoms with Gasteiger partial charge < -0.3 is 9.84 Å². The van der Waals surface area contributed by atoms with Crippen LogP contribution < -0.4 is 0 Å². The van der Waals surface area contributed by atoms with Gasteiger partial charge in [0.1, 0.15) is 17.7 Å². The first-order valence-corrected chi connectivity index (χ1v) is 7.50. The number of carbonyl (C=O) groups is 1. The van der Waals surface area contributed by atoms with Crippen LogP contribution in [0, 0.1) is 0 Å². The summed E-state index contributed by atoms with van der Waals surface area (Å²) in [7, 11) is 0. The molecule has 1 N–H and O–H groups in total. The summed E-state index contributed by atoms with van der Waals surface area (Å²) < 4.78 is 5.08. The van der Waals surface area contributed by atoms with Crippen LogP contribution in [-0.2, 0) is 16.1 Å². The van der Waals surface area contributed by atoms with Crippen molar-refractivity contribution in [2.75, 3.05) is 0 Å². The number of esters is 1. The molecule has 0 aliphatic rings. The Hall–Kier alpha value is -1.40. The van der Waals surface area contributed by atoms with Crippen molar-refractivity contribution < 1.29 is 14.6 Å². The van der Waals surface area contributed by atoms with E-state index in [1.807, 2.05) is 0 Å². The van der Waals surface area contributed by atoms with E-state index < -0.39 is 12.1 Å². The second-order valence-corrected chi connectivity index (χ2v) is 5.82. The summed E-state index contributed by atoms with van der Waals surface area (Å²) >= 11 is 13.2. The molecule has 0 spiro atoms. The minimum atomic E-state index is -1.18. The van der Waals surface area contributed by atoms with Gasteiger partial charge in [0.25, 0.3) is 0 Å². The van der Waals surface area contributed by atoms with Gasteiger partial charge in [0.2, 0.25) is 0 Å². The number of hydrogen-bond acceptors (Lipinski definition) is 5. The summed E-state index contributed by atoms with van der Waals surface area (Å²) in [4.78, 5) is 15.8. The van der Waals surface area contributed by atoms with E-state index in [0.717, 1.165) is 0 Å². The smallest absolute Gasteiger partial charge is 0.336 e. The normalized spacial score (nSPS) is 12.0. The van der Waals surface area contributed by atoms with Crippen LogP contribution in [0.5, 0.6) is 0 Å². The van der Waals surface area contributed by atoms with Crippen molar-refractivity contribution in [2.45, 2.75) is 12.7 Å². The quantitative estimate of drug-likeness (QED) is 0.662. The maximum Gasteiger partial charge on any atom is 0.336 e. The van der Waals surface area contributed by atoms with E-state index in [2.05, 4.69) is 11.6 Å². The lowest BCUT2D eigenvalue weighted by atomic mass is 10.2. The van der Waals surface area contributed by atoms with Crippen LogP contribution in [0.4, 0.5) is 0 Å². The Balaban J connectivity index is 2.00. The van der Waals surface area contributed by atoms with Gasteiger partial charge in [-0.2, -0.15) is 0 Å². The summed E-state index contributed by atoms with van der Waals surface area (Å²) in [5.41, 5.74) is 0.416. The van der Waals surface area contributed by atoms with Gasteiger partial charge in [-0.25, -0.2) is 9.78 Å². The molecular weight excluding hydrogens is 333 g/mol. The first-order valence-electron chi connectivity index (χ1n) is 5.87. The molecule has 1 heterocycles. The molecule has 0 amide bonds. The van der Waals surface area contributed by atoms with Crippen molar-refractivity contribution in [3.8, 4) is 0 Å². The number of hydrogen-bond donors (Lipinski definition) is 1. The minimum Gasteiger partial charge on any atom is -0.457 e. The van der Waals surface area contributed by atoms with Gasteiger partial charge in [0.05, 0.1) is 5.57 Å². The molecule has 0 aliphatic carbocycles. The highest BCUT2D eigenvalue weighted by molar-refractivity contribution is 7.09. The predicted molar refractivity (Wildman–Crippen MR) is 82.5 cm³/mol. The monoisotopic (exact) mass is 343 g/mol. The van der Waals surface area contributed by atoms with Gasteiger partial charge in [-0.15, -0.1) is 11.3 Å². The number of carbonyl (C=O) groups excluding carboxylic acids is 1. The topological polar surface area (TPSA) is 59.4 Å². The predicted octanol–water partition coefficient (Wildman–Crippen LogP) is 3.78. The number of aliphatic hydroxyl groups excluding tert-OH is 1. The van der Waals surface area contributed by atoms with Crippen LogP contribution in [-0.4, -0.2) is 16.1 Å². The molecule has 0 fully saturated rings. The van der Waals surface area contributed by atoms with Gasteiger partial charge in [0.15, 0.2) is 0 Å². The van der Waals surface area contributed by atoms with Gasteiger partial charge in [-0.3, -0.25) is 0 Å². The highest BCUT2D eigenvalue weighted by Crippen LogP contribution is 2.27. The molecule has 1 atom stereocenters. The second-order valence-electron chi connectivity index (χ2n) is 4.07. The average molecular weight is 344 g/mol. The summed E-state index contributed by atoms with van der Waals surface area (Å²) in [6, 6.07) is 4.99. The van der Waals surface area contributed by atoms with Gasteiger partial charge in [-0.05, 0) is 12.1 Å². The molecule has 1 aromatic heterocycles. The van der Waals surface area contributed by atoms with Crippen LogP contribution in [0.1, 0.15) is 16.7 Å². The average Bonchev–Trinajstić information content (AvgIpc) is 2.99. The number of benzene rings is 1. The first kappa shape index (κ1) is 16.0. The Bertz CT molecular complexity index is 638. The lowest BCUT2D eigenvalue weighted by molar-refractivity contribution is -0.141. The molecule has 2 rings (SSSR count). The Morgan fingerprint density at radius 2 is 2.10 bits per heavy atom. The maximum atomic E-state index is 11.9. The van der Waals surface area contributed by atoms with E-state index in [1.165, 1.54) is 17.5 Å². The molecule has 4 nitrogen and oxygen atoms in total. The van der Waals surface area contributed by atoms with Crippen LogP contribution in [0.25, 0.3) is 0 Å². The number of halogens is 2. The standard InChI is InChI=1S/C14H11Cl2NO3S/c1-8(12(18)13-17-5-6-21-13)14(19)20-7-9-10(15)3-2-4-11(9)16/h2-6,12,18H,1,7H2. The van der Waals surface area contributed by atoms with Crippen molar-refractivity contribution in [3.05, 3.63) is 62.5 Å². The maximum absolute atomic E-state index is 11.9. The summed E-state index contributed by atoms with van der Waals surface area (Å²) in [6.45, 7) is 3.45. The fraction of sp³-hybridized carbons (Fsp3) is 0.143. The molecule has 0 saturated carbocycles. The molecule has 1 aromatic carbocycles. The Morgan fingerprint density at radius 3 is 2.67 bits per heavy atom. The highest BCUT2D eigenvalue weighted by atomic mass is 35.5. The SMILES string of the molecule is C=C(C(=O)OCc1c(Cl)cccc1Cl)C(O)c1nccs1. The number of aliphatic hydroxyl groups is 1. The summed E-state index contributed by atoms with van der Waals surface area (Å²) in [5.74, 6) is -0.728. The lowest BCUT2D eigenvalue weighted by Crippen LogP contribution is -2.14. The Morgan fingerprint density at radius 1 is 1.43 bits per heavy atom. The zero-order valence-corrected chi connectivity index (χ0v) is 13.1. The molecular formula is C14H11Cl2NO3S. The zero-order valence-electron chi connectivity index (χ0n) is 10.8. The molecule has 0 aliphatic heterocycles. The van der Waals surface area contributed by atoms with Crippen LogP contribution >= 0.6 is 34.5 Å². The molecule has 0 saturated heterocycles. The molecule has 0 bridgehead atoms. The van der Waals surface area contributed by atoms with Crippen LogP contribution in [0.3, 0.4) is 0 Å². The van der Waals surface area contributed by atoms with E-state index in [-0.39, 0.29) is 12.2 Å². The van der Waals surface area contributed by atoms with Crippen molar-refractivity contribution in [3.63, 3.8) is 0 Å². The van der Waals surface area contributed by atoms with E-state index in [9.17, 15) is 9.90 Å². The first-order chi connectivity index (χ1) is 10.0. The number of nitrogens with zero attached hydrogens (tertiary/aromatic N) is 1. The number of rotatable bonds is 5. The number of thiazole rings is 1. The summed E-state index contributed by atoms with van der Waals surface area (Å²) in [6.07, 6.45) is 0.352. The third-order valence-corrected chi connectivity index (χ3v) is 4.22. The Kier molecular flexibility index (Phi) is 5.36. The van der Waals surface area contributed by atoms with Crippen LogP contribution in [0.15, 0.2) is 41.9 Å². The fourth-order valence-electron chi connectivity index (χ4n) is 1.53. The van der Waals surface area contributed by atoms with E-state index >= 15 is 0 Å². The molecule has 0 radical (unpaired) electrons. The van der Waals surface area contributed by atoms with Gasteiger partial charge in [-0.1, -0.05) is 35.8 Å². The summed E-state index contributed by atoms with van der Waals surface area (Å²) in [5, 5.41) is 12.8. The third-order valence-electron chi connectivity index (χ3n) is 2.69. The number of ether oxygens (including phenoxy) is 1. The van der Waals surface area contributed by atoms with Gasteiger partial charge in [0, 0.05) is 27.2 Å². The fourth-order valence-corrected chi connectivity index (χ4v) is 2.69. The van der Waals surface area contributed by atoms with E-state index in [0.29, 0.717) is 20.6 Å². The van der Waals surface area contributed by atoms with Gasteiger partial charge >= 0.3 is 5.97 Å². The lowest BCUT2D eigenvalue weighted by Gasteiger charge is -2.12. The molecule has 21 heavy (non-hydrogen) atoms. The molecule has 110 valence electrons. The molecule has 7 heteroatoms. The van der Waals surface area contributed by atoms with Crippen molar-refractivity contribution >= 4 is 40.5 Å².